The van der Waals surface area contributed by atoms with Gasteiger partial charge in [0.05, 0.1) is 0 Å². The zero-order chi connectivity index (χ0) is 14.2. The van der Waals surface area contributed by atoms with Crippen LogP contribution in [-0.2, 0) is 11.2 Å². The molecule has 0 radical (unpaired) electrons. The Hall–Kier alpha value is -0.870. The maximum Gasteiger partial charge on any atom is 0.220 e. The number of aryl methyl sites for hydroxylation is 1. The molecular weight excluding hydrogens is 270 g/mol. The van der Waals surface area contributed by atoms with Crippen molar-refractivity contribution in [3.8, 4) is 0 Å². The van der Waals surface area contributed by atoms with Crippen LogP contribution in [0.15, 0.2) is 17.5 Å². The number of nitrogens with one attached hydrogen (secondary N) is 1. The molecule has 2 rings (SSSR count). The van der Waals surface area contributed by atoms with Gasteiger partial charge in [0.2, 0.25) is 5.91 Å². The molecule has 1 unspecified atom stereocenters. The highest BCUT2D eigenvalue weighted by atomic mass is 32.1. The highest BCUT2D eigenvalue weighted by Gasteiger charge is 2.24. The molecule has 2 N–H and O–H groups in total. The number of amides is 1. The van der Waals surface area contributed by atoms with Crippen molar-refractivity contribution in [3.05, 3.63) is 22.4 Å². The Kier molecular flexibility index (Phi) is 6.54. The Morgan fingerprint density at radius 1 is 1.40 bits per heavy atom. The van der Waals surface area contributed by atoms with Crippen molar-refractivity contribution in [3.63, 3.8) is 0 Å². The van der Waals surface area contributed by atoms with Crippen molar-refractivity contribution in [2.45, 2.75) is 57.4 Å². The fraction of sp³-hybridized carbons (Fsp3) is 0.688. The van der Waals surface area contributed by atoms with E-state index in [4.69, 9.17) is 0 Å². The third-order valence-electron chi connectivity index (χ3n) is 4.18. The Morgan fingerprint density at radius 2 is 2.20 bits per heavy atom. The predicted molar refractivity (Wildman–Crippen MR) is 82.8 cm³/mol. The largest absolute Gasteiger partial charge is 0.396 e. The van der Waals surface area contributed by atoms with Gasteiger partial charge >= 0.3 is 0 Å². The normalized spacial score (nSPS) is 17.9. The average molecular weight is 295 g/mol. The summed E-state index contributed by atoms with van der Waals surface area (Å²) in [5, 5.41) is 14.4. The summed E-state index contributed by atoms with van der Waals surface area (Å²) in [4.78, 5) is 13.3. The lowest BCUT2D eigenvalue weighted by molar-refractivity contribution is -0.122. The van der Waals surface area contributed by atoms with Crippen molar-refractivity contribution >= 4 is 17.2 Å². The molecule has 1 aliphatic rings. The first-order valence-corrected chi connectivity index (χ1v) is 8.60. The molecule has 1 saturated carbocycles. The summed E-state index contributed by atoms with van der Waals surface area (Å²) in [5.41, 5.74) is 0. The molecule has 20 heavy (non-hydrogen) atoms. The summed E-state index contributed by atoms with van der Waals surface area (Å²) in [6.45, 7) is 0.159. The number of aliphatic hydroxyl groups excluding tert-OH is 1. The lowest BCUT2D eigenvalue weighted by atomic mass is 9.82. The molecule has 3 nitrogen and oxygen atoms in total. The molecule has 1 atom stereocenters. The minimum atomic E-state index is 0.127. The molecule has 112 valence electrons. The number of carbonyl (C=O) groups excluding carboxylic acids is 1. The molecule has 1 aromatic heterocycles. The summed E-state index contributed by atoms with van der Waals surface area (Å²) in [6.07, 6.45) is 8.28. The number of thiophene rings is 1. The van der Waals surface area contributed by atoms with Crippen LogP contribution in [0.4, 0.5) is 0 Å². The third kappa shape index (κ3) is 4.91. The lowest BCUT2D eigenvalue weighted by Crippen LogP contribution is -2.41. The van der Waals surface area contributed by atoms with Gasteiger partial charge < -0.3 is 10.4 Å². The Balaban J connectivity index is 1.78. The van der Waals surface area contributed by atoms with Crippen LogP contribution in [0.3, 0.4) is 0 Å². The number of aliphatic hydroxyl groups is 1. The van der Waals surface area contributed by atoms with Gasteiger partial charge in [0.15, 0.2) is 0 Å². The molecule has 4 heteroatoms. The first-order valence-electron chi connectivity index (χ1n) is 7.72. The van der Waals surface area contributed by atoms with E-state index in [2.05, 4.69) is 11.4 Å². The van der Waals surface area contributed by atoms with Crippen molar-refractivity contribution in [1.29, 1.82) is 0 Å². The second-order valence-corrected chi connectivity index (χ2v) is 6.70. The summed E-state index contributed by atoms with van der Waals surface area (Å²) in [5.74, 6) is 0.684. The fourth-order valence-electron chi connectivity index (χ4n) is 3.07. The van der Waals surface area contributed by atoms with Gasteiger partial charge in [-0.05, 0) is 43.0 Å². The Bertz CT molecular complexity index is 385. The van der Waals surface area contributed by atoms with Crippen molar-refractivity contribution in [2.75, 3.05) is 6.61 Å². The molecule has 0 aromatic carbocycles. The van der Waals surface area contributed by atoms with E-state index in [1.54, 1.807) is 11.3 Å². The van der Waals surface area contributed by atoms with Crippen LogP contribution < -0.4 is 5.32 Å². The van der Waals surface area contributed by atoms with Crippen LogP contribution in [-0.4, -0.2) is 23.7 Å². The average Bonchev–Trinajstić information content (AvgIpc) is 2.99. The molecular formula is C16H25NO2S. The van der Waals surface area contributed by atoms with Crippen molar-refractivity contribution < 1.29 is 9.90 Å². The van der Waals surface area contributed by atoms with Gasteiger partial charge in [0, 0.05) is 23.9 Å². The first-order chi connectivity index (χ1) is 9.79. The highest BCUT2D eigenvalue weighted by Crippen LogP contribution is 2.27. The summed E-state index contributed by atoms with van der Waals surface area (Å²) < 4.78 is 0. The lowest BCUT2D eigenvalue weighted by Gasteiger charge is -2.30. The third-order valence-corrected chi connectivity index (χ3v) is 5.12. The minimum absolute atomic E-state index is 0.127. The standard InChI is InChI=1S/C16H25NO2S/c18-11-10-15(13-5-2-1-3-6-13)17-16(19)9-8-14-7-4-12-20-14/h4,7,12-13,15,18H,1-3,5-6,8-11H2,(H,17,19). The van der Waals surface area contributed by atoms with Crippen LogP contribution in [0, 0.1) is 5.92 Å². The Morgan fingerprint density at radius 3 is 2.85 bits per heavy atom. The van der Waals surface area contributed by atoms with Gasteiger partial charge in [-0.3, -0.25) is 4.79 Å². The Labute approximate surface area is 125 Å². The van der Waals surface area contributed by atoms with Crippen LogP contribution in [0.5, 0.6) is 0 Å². The summed E-state index contributed by atoms with van der Waals surface area (Å²) >= 11 is 1.70. The SMILES string of the molecule is O=C(CCc1cccs1)NC(CCO)C1CCCCC1. The second-order valence-electron chi connectivity index (χ2n) is 5.66. The van der Waals surface area contributed by atoms with E-state index in [0.717, 1.165) is 6.42 Å². The quantitative estimate of drug-likeness (QED) is 0.812. The van der Waals surface area contributed by atoms with E-state index in [-0.39, 0.29) is 18.6 Å². The predicted octanol–water partition coefficient (Wildman–Crippen LogP) is 3.13. The second kappa shape index (κ2) is 8.42. The van der Waals surface area contributed by atoms with Crippen LogP contribution in [0.1, 0.15) is 49.8 Å². The molecule has 1 heterocycles. The number of hydrogen-bond donors (Lipinski definition) is 2. The van der Waals surface area contributed by atoms with E-state index in [1.807, 2.05) is 11.4 Å². The summed E-state index contributed by atoms with van der Waals surface area (Å²) in [7, 11) is 0. The van der Waals surface area contributed by atoms with E-state index in [1.165, 1.54) is 37.0 Å². The molecule has 1 fully saturated rings. The summed E-state index contributed by atoms with van der Waals surface area (Å²) in [6, 6.07) is 4.26. The van der Waals surface area contributed by atoms with Crippen LogP contribution in [0.2, 0.25) is 0 Å². The van der Waals surface area contributed by atoms with E-state index >= 15 is 0 Å². The van der Waals surface area contributed by atoms with E-state index in [0.29, 0.717) is 18.8 Å². The van der Waals surface area contributed by atoms with Gasteiger partial charge in [-0.25, -0.2) is 0 Å². The maximum absolute atomic E-state index is 12.1. The molecule has 1 aromatic rings. The van der Waals surface area contributed by atoms with Gasteiger partial charge in [0.1, 0.15) is 0 Å². The van der Waals surface area contributed by atoms with Gasteiger partial charge in [-0.1, -0.05) is 25.3 Å². The number of hydrogen-bond acceptors (Lipinski definition) is 3. The van der Waals surface area contributed by atoms with Gasteiger partial charge in [-0.15, -0.1) is 11.3 Å². The monoisotopic (exact) mass is 295 g/mol. The van der Waals surface area contributed by atoms with Crippen molar-refractivity contribution in [1.82, 2.24) is 5.32 Å². The number of rotatable bonds is 7. The topological polar surface area (TPSA) is 49.3 Å². The molecule has 0 bridgehead atoms. The van der Waals surface area contributed by atoms with Crippen LogP contribution in [0.25, 0.3) is 0 Å². The van der Waals surface area contributed by atoms with Gasteiger partial charge in [-0.2, -0.15) is 0 Å². The fourth-order valence-corrected chi connectivity index (χ4v) is 3.78. The highest BCUT2D eigenvalue weighted by molar-refractivity contribution is 7.09. The zero-order valence-electron chi connectivity index (χ0n) is 12.0. The zero-order valence-corrected chi connectivity index (χ0v) is 12.8. The van der Waals surface area contributed by atoms with E-state index < -0.39 is 0 Å². The minimum Gasteiger partial charge on any atom is -0.396 e. The molecule has 0 saturated heterocycles. The maximum atomic E-state index is 12.1. The first kappa shape index (κ1) is 15.5. The molecule has 0 spiro atoms. The van der Waals surface area contributed by atoms with Crippen LogP contribution >= 0.6 is 11.3 Å². The van der Waals surface area contributed by atoms with Crippen molar-refractivity contribution in [2.24, 2.45) is 5.92 Å². The number of carbonyl (C=O) groups is 1. The molecule has 0 aliphatic heterocycles. The van der Waals surface area contributed by atoms with E-state index in [9.17, 15) is 9.90 Å². The van der Waals surface area contributed by atoms with Gasteiger partial charge in [0.25, 0.3) is 0 Å². The molecule has 1 amide bonds. The molecule has 1 aliphatic carbocycles. The smallest absolute Gasteiger partial charge is 0.220 e.